The Balaban J connectivity index is 1.89. The van der Waals surface area contributed by atoms with E-state index in [-0.39, 0.29) is 22.8 Å². The summed E-state index contributed by atoms with van der Waals surface area (Å²) in [7, 11) is 0. The summed E-state index contributed by atoms with van der Waals surface area (Å²) in [4.78, 5) is 31.5. The number of aliphatic hydroxyl groups excluding tert-OH is 1. The lowest BCUT2D eigenvalue weighted by molar-refractivity contribution is -0.132. The van der Waals surface area contributed by atoms with Gasteiger partial charge in [-0.3, -0.25) is 19.5 Å². The van der Waals surface area contributed by atoms with Crippen molar-refractivity contribution in [2.24, 2.45) is 0 Å². The largest absolute Gasteiger partial charge is 0.507 e. The number of aromatic hydroxyl groups is 1. The molecule has 0 spiro atoms. The number of aromatic nitrogens is 1. The Bertz CT molecular complexity index is 1190. The number of phenols is 1. The lowest BCUT2D eigenvalue weighted by Gasteiger charge is -2.25. The third-order valence-electron chi connectivity index (χ3n) is 5.17. The summed E-state index contributed by atoms with van der Waals surface area (Å²) in [6.07, 6.45) is 3.92. The summed E-state index contributed by atoms with van der Waals surface area (Å²) >= 11 is 0. The van der Waals surface area contributed by atoms with E-state index in [2.05, 4.69) is 4.98 Å². The Kier molecular flexibility index (Phi) is 5.89. The van der Waals surface area contributed by atoms with Crippen molar-refractivity contribution in [3.05, 3.63) is 89.8 Å². The maximum absolute atomic E-state index is 13.1. The number of ether oxygens (including phenoxy) is 1. The topological polar surface area (TPSA) is 100.0 Å². The van der Waals surface area contributed by atoms with Crippen molar-refractivity contribution in [1.82, 2.24) is 4.98 Å². The number of carbonyl (C=O) groups is 2. The van der Waals surface area contributed by atoms with Crippen molar-refractivity contribution in [2.45, 2.75) is 19.4 Å². The van der Waals surface area contributed by atoms with Crippen molar-refractivity contribution >= 4 is 23.1 Å². The molecule has 4 rings (SSSR count). The highest BCUT2D eigenvalue weighted by molar-refractivity contribution is 6.51. The minimum absolute atomic E-state index is 0.0844. The first kappa shape index (κ1) is 21.1. The molecule has 2 N–H and O–H groups in total. The molecule has 1 aliphatic rings. The van der Waals surface area contributed by atoms with Crippen molar-refractivity contribution in [1.29, 1.82) is 0 Å². The number of amides is 1. The number of phenolic OH excluding ortho intramolecular Hbond substituents is 1. The summed E-state index contributed by atoms with van der Waals surface area (Å²) in [6.45, 7) is 2.50. The van der Waals surface area contributed by atoms with Gasteiger partial charge in [-0.1, -0.05) is 37.3 Å². The highest BCUT2D eigenvalue weighted by Gasteiger charge is 2.47. The Morgan fingerprint density at radius 3 is 2.62 bits per heavy atom. The second-order valence-electron chi connectivity index (χ2n) is 7.32. The molecule has 1 aliphatic heterocycles. The molecule has 3 aromatic rings. The molecule has 162 valence electrons. The number of carbonyl (C=O) groups excluding carboxylic acids is 2. The second-order valence-corrected chi connectivity index (χ2v) is 7.32. The third-order valence-corrected chi connectivity index (χ3v) is 5.17. The maximum atomic E-state index is 13.1. The van der Waals surface area contributed by atoms with Crippen LogP contribution >= 0.6 is 0 Å². The standard InChI is InChI=1S/C25H22N2O5/c1-2-13-32-18-9-5-7-16(14-18)23(29)21-22(17-8-6-12-26-15-17)27(25(31)24(21)30)19-10-3-4-11-20(19)28/h3-12,14-15,22,28-29H,2,13H2,1H3/b23-21+. The van der Waals surface area contributed by atoms with Gasteiger partial charge in [0.25, 0.3) is 11.7 Å². The summed E-state index contributed by atoms with van der Waals surface area (Å²) in [5.74, 6) is -1.63. The molecule has 1 atom stereocenters. The molecule has 2 heterocycles. The number of aliphatic hydroxyl groups is 1. The van der Waals surface area contributed by atoms with E-state index in [1.807, 2.05) is 6.92 Å². The van der Waals surface area contributed by atoms with Crippen LogP contribution in [-0.2, 0) is 9.59 Å². The van der Waals surface area contributed by atoms with E-state index in [0.717, 1.165) is 6.42 Å². The van der Waals surface area contributed by atoms with Crippen molar-refractivity contribution in [2.75, 3.05) is 11.5 Å². The van der Waals surface area contributed by atoms with E-state index in [4.69, 9.17) is 4.74 Å². The SMILES string of the molecule is CCCOc1cccc(/C(O)=C2\C(=O)C(=O)N(c3ccccc3O)C2c2cccnc2)c1. The van der Waals surface area contributed by atoms with Crippen LogP contribution < -0.4 is 9.64 Å². The smallest absolute Gasteiger partial charge is 0.300 e. The fraction of sp³-hybridized carbons (Fsp3) is 0.160. The third kappa shape index (κ3) is 3.80. The molecule has 32 heavy (non-hydrogen) atoms. The lowest BCUT2D eigenvalue weighted by Crippen LogP contribution is -2.29. The number of ketones is 1. The number of Topliss-reactive ketones (excluding diaryl/α,β-unsaturated/α-hetero) is 1. The fourth-order valence-electron chi connectivity index (χ4n) is 3.71. The molecular weight excluding hydrogens is 408 g/mol. The minimum Gasteiger partial charge on any atom is -0.507 e. The fourth-order valence-corrected chi connectivity index (χ4v) is 3.71. The first-order chi connectivity index (χ1) is 15.5. The number of hydrogen-bond acceptors (Lipinski definition) is 6. The van der Waals surface area contributed by atoms with E-state index in [9.17, 15) is 19.8 Å². The first-order valence-electron chi connectivity index (χ1n) is 10.2. The molecule has 1 amide bonds. The molecule has 1 unspecified atom stereocenters. The molecule has 1 saturated heterocycles. The Labute approximate surface area is 185 Å². The number of para-hydroxylation sites is 2. The van der Waals surface area contributed by atoms with Gasteiger partial charge in [0.15, 0.2) is 0 Å². The van der Waals surface area contributed by atoms with Crippen LogP contribution in [0.5, 0.6) is 11.5 Å². The van der Waals surface area contributed by atoms with E-state index in [0.29, 0.717) is 23.5 Å². The number of nitrogens with zero attached hydrogens (tertiary/aromatic N) is 2. The van der Waals surface area contributed by atoms with E-state index < -0.39 is 17.7 Å². The van der Waals surface area contributed by atoms with Crippen LogP contribution in [0.25, 0.3) is 5.76 Å². The maximum Gasteiger partial charge on any atom is 0.300 e. The number of hydrogen-bond donors (Lipinski definition) is 2. The molecule has 7 nitrogen and oxygen atoms in total. The molecule has 2 aromatic carbocycles. The summed E-state index contributed by atoms with van der Waals surface area (Å²) < 4.78 is 5.64. The minimum atomic E-state index is -0.961. The van der Waals surface area contributed by atoms with E-state index in [1.165, 1.54) is 17.2 Å². The van der Waals surface area contributed by atoms with Gasteiger partial charge in [-0.05, 0) is 42.3 Å². The average Bonchev–Trinajstić information content (AvgIpc) is 3.08. The summed E-state index contributed by atoms with van der Waals surface area (Å²) in [5.41, 5.74) is 0.957. The monoisotopic (exact) mass is 430 g/mol. The van der Waals surface area contributed by atoms with Crippen molar-refractivity contribution < 1.29 is 24.5 Å². The predicted octanol–water partition coefficient (Wildman–Crippen LogP) is 4.20. The average molecular weight is 430 g/mol. The molecule has 0 radical (unpaired) electrons. The van der Waals surface area contributed by atoms with Gasteiger partial charge in [0, 0.05) is 18.0 Å². The Morgan fingerprint density at radius 2 is 1.91 bits per heavy atom. The van der Waals surface area contributed by atoms with Crippen molar-refractivity contribution in [3.63, 3.8) is 0 Å². The number of pyridine rings is 1. The molecule has 1 aromatic heterocycles. The van der Waals surface area contributed by atoms with Gasteiger partial charge in [0.1, 0.15) is 17.3 Å². The zero-order valence-corrected chi connectivity index (χ0v) is 17.4. The molecule has 1 fully saturated rings. The van der Waals surface area contributed by atoms with Crippen LogP contribution in [0.15, 0.2) is 78.6 Å². The van der Waals surface area contributed by atoms with Gasteiger partial charge in [-0.15, -0.1) is 0 Å². The van der Waals surface area contributed by atoms with Crippen LogP contribution in [0.3, 0.4) is 0 Å². The van der Waals surface area contributed by atoms with Gasteiger partial charge in [-0.2, -0.15) is 0 Å². The molecule has 0 bridgehead atoms. The van der Waals surface area contributed by atoms with Gasteiger partial charge in [0.2, 0.25) is 0 Å². The van der Waals surface area contributed by atoms with Gasteiger partial charge in [0.05, 0.1) is 23.9 Å². The van der Waals surface area contributed by atoms with Crippen LogP contribution in [0.2, 0.25) is 0 Å². The second kappa shape index (κ2) is 8.93. The first-order valence-corrected chi connectivity index (χ1v) is 10.2. The zero-order chi connectivity index (χ0) is 22.7. The lowest BCUT2D eigenvalue weighted by atomic mass is 9.96. The number of benzene rings is 2. The zero-order valence-electron chi connectivity index (χ0n) is 17.4. The van der Waals surface area contributed by atoms with E-state index >= 15 is 0 Å². The summed E-state index contributed by atoms with van der Waals surface area (Å²) in [5, 5.41) is 21.5. The van der Waals surface area contributed by atoms with Crippen LogP contribution in [0.4, 0.5) is 5.69 Å². The van der Waals surface area contributed by atoms with Gasteiger partial charge >= 0.3 is 0 Å². The molecule has 0 saturated carbocycles. The van der Waals surface area contributed by atoms with Crippen LogP contribution in [0, 0.1) is 0 Å². The van der Waals surface area contributed by atoms with Crippen LogP contribution in [0.1, 0.15) is 30.5 Å². The van der Waals surface area contributed by atoms with E-state index in [1.54, 1.807) is 60.8 Å². The highest BCUT2D eigenvalue weighted by Crippen LogP contribution is 2.44. The quantitative estimate of drug-likeness (QED) is 0.345. The molecular formula is C25H22N2O5. The molecule has 7 heteroatoms. The Hall–Kier alpha value is -4.13. The summed E-state index contributed by atoms with van der Waals surface area (Å²) in [6, 6.07) is 15.4. The Morgan fingerprint density at radius 1 is 1.09 bits per heavy atom. The normalized spacial score (nSPS) is 17.5. The predicted molar refractivity (Wildman–Crippen MR) is 119 cm³/mol. The van der Waals surface area contributed by atoms with Gasteiger partial charge < -0.3 is 14.9 Å². The van der Waals surface area contributed by atoms with Crippen molar-refractivity contribution in [3.8, 4) is 11.5 Å². The highest BCUT2D eigenvalue weighted by atomic mass is 16.5. The van der Waals surface area contributed by atoms with Crippen LogP contribution in [-0.4, -0.2) is 33.5 Å². The van der Waals surface area contributed by atoms with Gasteiger partial charge in [-0.25, -0.2) is 0 Å². The number of anilines is 1. The molecule has 0 aliphatic carbocycles. The number of rotatable bonds is 6.